The number of cyclic esters (lactones) is 1. The van der Waals surface area contributed by atoms with E-state index in [1.165, 1.54) is 16.5 Å². The van der Waals surface area contributed by atoms with Crippen LogP contribution in [0, 0.1) is 17.7 Å². The van der Waals surface area contributed by atoms with Crippen LogP contribution in [-0.4, -0.2) is 56.3 Å². The number of likely N-dealkylation sites (tertiary alicyclic amines) is 1. The van der Waals surface area contributed by atoms with Crippen LogP contribution in [0.1, 0.15) is 30.4 Å². The van der Waals surface area contributed by atoms with E-state index in [-0.39, 0.29) is 30.7 Å². The molecule has 2 aliphatic heterocycles. The molecule has 2 amide bonds. The van der Waals surface area contributed by atoms with Gasteiger partial charge in [-0.25, -0.2) is 9.18 Å². The molecule has 34 heavy (non-hydrogen) atoms. The van der Waals surface area contributed by atoms with Crippen LogP contribution in [0.25, 0.3) is 0 Å². The van der Waals surface area contributed by atoms with Gasteiger partial charge in [-0.2, -0.15) is 0 Å². The molecule has 0 radical (unpaired) electrons. The Morgan fingerprint density at radius 3 is 2.53 bits per heavy atom. The molecular formula is C26H30FN3O4. The molecule has 8 heteroatoms. The van der Waals surface area contributed by atoms with E-state index in [2.05, 4.69) is 22.3 Å². The maximum absolute atomic E-state index is 15.1. The van der Waals surface area contributed by atoms with Gasteiger partial charge in [-0.3, -0.25) is 14.6 Å². The lowest BCUT2D eigenvalue weighted by Crippen LogP contribution is -2.34. The predicted octanol–water partition coefficient (Wildman–Crippen LogP) is 3.53. The van der Waals surface area contributed by atoms with Gasteiger partial charge >= 0.3 is 6.09 Å². The number of benzene rings is 2. The van der Waals surface area contributed by atoms with E-state index in [1.807, 2.05) is 18.2 Å². The zero-order valence-electron chi connectivity index (χ0n) is 19.5. The van der Waals surface area contributed by atoms with Crippen LogP contribution in [0.15, 0.2) is 42.5 Å². The lowest BCUT2D eigenvalue weighted by molar-refractivity contribution is -0.121. The number of carbonyl (C=O) groups is 2. The van der Waals surface area contributed by atoms with Crippen molar-refractivity contribution < 1.29 is 23.5 Å². The zero-order chi connectivity index (χ0) is 23.8. The molecule has 180 valence electrons. The number of nitrogens with one attached hydrogen (secondary N) is 1. The Balaban J connectivity index is 1.16. The molecule has 1 saturated carbocycles. The average molecular weight is 468 g/mol. The van der Waals surface area contributed by atoms with Gasteiger partial charge in [0.1, 0.15) is 17.7 Å². The summed E-state index contributed by atoms with van der Waals surface area (Å²) in [4.78, 5) is 27.6. The molecule has 2 saturated heterocycles. The van der Waals surface area contributed by atoms with E-state index >= 15 is 4.39 Å². The molecule has 0 spiro atoms. The van der Waals surface area contributed by atoms with Crippen molar-refractivity contribution >= 4 is 17.7 Å². The van der Waals surface area contributed by atoms with Crippen LogP contribution in [0.3, 0.4) is 0 Å². The van der Waals surface area contributed by atoms with Gasteiger partial charge < -0.3 is 14.8 Å². The summed E-state index contributed by atoms with van der Waals surface area (Å²) in [7, 11) is 1.66. The lowest BCUT2D eigenvalue weighted by atomic mass is 10.0. The summed E-state index contributed by atoms with van der Waals surface area (Å²) in [5.74, 6) is 1.68. The van der Waals surface area contributed by atoms with E-state index in [0.29, 0.717) is 23.9 Å². The minimum Gasteiger partial charge on any atom is -0.497 e. The van der Waals surface area contributed by atoms with Crippen LogP contribution in [0.5, 0.6) is 5.75 Å². The summed E-state index contributed by atoms with van der Waals surface area (Å²) in [5.41, 5.74) is 2.48. The smallest absolute Gasteiger partial charge is 0.414 e. The number of anilines is 1. The Morgan fingerprint density at radius 2 is 1.88 bits per heavy atom. The van der Waals surface area contributed by atoms with E-state index in [1.54, 1.807) is 20.1 Å². The Hall–Kier alpha value is -3.13. The van der Waals surface area contributed by atoms with Crippen molar-refractivity contribution in [2.75, 3.05) is 38.2 Å². The lowest BCUT2D eigenvalue weighted by Gasteiger charge is -2.20. The summed E-state index contributed by atoms with van der Waals surface area (Å²) < 4.78 is 25.6. The molecule has 7 nitrogen and oxygen atoms in total. The number of carbonyl (C=O) groups excluding carboxylic acids is 2. The quantitative estimate of drug-likeness (QED) is 0.643. The molecule has 0 aromatic heterocycles. The molecule has 4 atom stereocenters. The summed E-state index contributed by atoms with van der Waals surface area (Å²) in [6.45, 7) is 5.13. The Labute approximate surface area is 198 Å². The van der Waals surface area contributed by atoms with E-state index < -0.39 is 12.2 Å². The highest BCUT2D eigenvalue weighted by Crippen LogP contribution is 2.59. The molecular weight excluding hydrogens is 437 g/mol. The maximum atomic E-state index is 15.1. The molecule has 2 aromatic rings. The van der Waals surface area contributed by atoms with Crippen molar-refractivity contribution in [1.29, 1.82) is 0 Å². The topological polar surface area (TPSA) is 71.1 Å². The molecule has 1 N–H and O–H groups in total. The van der Waals surface area contributed by atoms with Gasteiger partial charge in [0.05, 0.1) is 25.9 Å². The second-order valence-corrected chi connectivity index (χ2v) is 9.38. The Kier molecular flexibility index (Phi) is 6.16. The van der Waals surface area contributed by atoms with E-state index in [4.69, 9.17) is 9.47 Å². The minimum absolute atomic E-state index is 0.0950. The molecule has 0 bridgehead atoms. The number of halogens is 1. The largest absolute Gasteiger partial charge is 0.497 e. The van der Waals surface area contributed by atoms with Crippen LogP contribution in [-0.2, 0) is 16.1 Å². The third-order valence-corrected chi connectivity index (χ3v) is 7.21. The van der Waals surface area contributed by atoms with Crippen molar-refractivity contribution in [1.82, 2.24) is 10.2 Å². The fourth-order valence-corrected chi connectivity index (χ4v) is 5.34. The third kappa shape index (κ3) is 4.46. The number of nitrogens with zero attached hydrogens (tertiary/aromatic N) is 2. The van der Waals surface area contributed by atoms with Gasteiger partial charge in [0, 0.05) is 26.1 Å². The molecule has 2 heterocycles. The fourth-order valence-electron chi connectivity index (χ4n) is 5.34. The normalized spacial score (nSPS) is 25.7. The molecule has 1 unspecified atom stereocenters. The van der Waals surface area contributed by atoms with Gasteiger partial charge in [-0.05, 0) is 53.1 Å². The van der Waals surface area contributed by atoms with Gasteiger partial charge in [-0.1, -0.05) is 25.1 Å². The van der Waals surface area contributed by atoms with Crippen LogP contribution >= 0.6 is 0 Å². The van der Waals surface area contributed by atoms with Gasteiger partial charge in [-0.15, -0.1) is 0 Å². The number of amides is 2. The van der Waals surface area contributed by atoms with Crippen molar-refractivity contribution in [3.05, 3.63) is 59.4 Å². The molecule has 5 rings (SSSR count). The van der Waals surface area contributed by atoms with Gasteiger partial charge in [0.2, 0.25) is 5.91 Å². The first kappa shape index (κ1) is 22.7. The van der Waals surface area contributed by atoms with E-state index in [0.717, 1.165) is 30.9 Å². The molecule has 3 aliphatic rings. The third-order valence-electron chi connectivity index (χ3n) is 7.21. The first-order valence-corrected chi connectivity index (χ1v) is 11.9. The first-order chi connectivity index (χ1) is 16.5. The second-order valence-electron chi connectivity index (χ2n) is 9.38. The predicted molar refractivity (Wildman–Crippen MR) is 125 cm³/mol. The highest BCUT2D eigenvalue weighted by Gasteiger charge is 2.56. The van der Waals surface area contributed by atoms with Crippen molar-refractivity contribution in [2.24, 2.45) is 11.8 Å². The Morgan fingerprint density at radius 1 is 1.15 bits per heavy atom. The number of hydrogen-bond donors (Lipinski definition) is 1. The second kappa shape index (κ2) is 9.25. The highest BCUT2D eigenvalue weighted by molar-refractivity contribution is 5.90. The number of piperidine rings is 1. The van der Waals surface area contributed by atoms with E-state index in [9.17, 15) is 9.59 Å². The minimum atomic E-state index is -0.514. The summed E-state index contributed by atoms with van der Waals surface area (Å²) in [5, 5.41) is 2.73. The summed E-state index contributed by atoms with van der Waals surface area (Å²) in [6, 6.07) is 13.2. The van der Waals surface area contributed by atoms with Crippen molar-refractivity contribution in [2.45, 2.75) is 31.9 Å². The molecule has 1 aliphatic carbocycles. The fraction of sp³-hybridized carbons (Fsp3) is 0.462. The van der Waals surface area contributed by atoms with Crippen molar-refractivity contribution in [3.63, 3.8) is 0 Å². The van der Waals surface area contributed by atoms with Crippen LogP contribution in [0.2, 0.25) is 0 Å². The monoisotopic (exact) mass is 467 g/mol. The van der Waals surface area contributed by atoms with Crippen LogP contribution < -0.4 is 15.0 Å². The number of hydrogen-bond acceptors (Lipinski definition) is 5. The number of ether oxygens (including phenoxy) is 2. The maximum Gasteiger partial charge on any atom is 0.414 e. The number of fused-ring (bicyclic) bond motifs is 1. The Bertz CT molecular complexity index is 1060. The van der Waals surface area contributed by atoms with Gasteiger partial charge in [0.15, 0.2) is 0 Å². The number of rotatable bonds is 8. The average Bonchev–Trinajstić information content (AvgIpc) is 3.15. The molecule has 3 fully saturated rings. The molecule has 2 aromatic carbocycles. The summed E-state index contributed by atoms with van der Waals surface area (Å²) >= 11 is 0. The van der Waals surface area contributed by atoms with Crippen molar-refractivity contribution in [3.8, 4) is 5.75 Å². The van der Waals surface area contributed by atoms with Gasteiger partial charge in [0.25, 0.3) is 0 Å². The zero-order valence-corrected chi connectivity index (χ0v) is 19.5. The summed E-state index contributed by atoms with van der Waals surface area (Å²) in [6.07, 6.45) is -0.579. The standard InChI is InChI=1S/C26H30FN3O4/c1-3-24(31)28-11-19-13-30(26(32)34-19)17-6-9-20(23(27)10-17)25-21-14-29(15-22(21)25)12-16-4-7-18(33-2)8-5-16/h4-10,19,21-22,25H,3,11-15H2,1-2H3,(H,28,31)/t19-,21-,22+,25?/m0/s1. The highest BCUT2D eigenvalue weighted by atomic mass is 19.1. The SMILES string of the molecule is CCC(=O)NC[C@H]1CN(c2ccc(C3[C@H]4CN(Cc5ccc(OC)cc5)C[C@@H]34)c(F)c2)C(=O)O1. The number of methoxy groups -OCH3 is 1. The first-order valence-electron chi connectivity index (χ1n) is 11.9. The van der Waals surface area contributed by atoms with Crippen LogP contribution in [0.4, 0.5) is 14.9 Å².